The fraction of sp³-hybridized carbons (Fsp3) is 0.294. The van der Waals surface area contributed by atoms with E-state index in [9.17, 15) is 4.79 Å². The first-order valence-corrected chi connectivity index (χ1v) is 7.16. The minimum atomic E-state index is -0.176. The second kappa shape index (κ2) is 5.56. The third-order valence-corrected chi connectivity index (χ3v) is 3.87. The molecular formula is C17H18N2O2. The number of hydrogen-bond donors (Lipinski definition) is 0. The maximum Gasteiger partial charge on any atom is 0.308 e. The lowest BCUT2D eigenvalue weighted by atomic mass is 9.94. The highest BCUT2D eigenvalue weighted by molar-refractivity contribution is 5.95. The largest absolute Gasteiger partial charge is 0.466 e. The van der Waals surface area contributed by atoms with Crippen molar-refractivity contribution in [1.82, 2.24) is 9.55 Å². The third-order valence-electron chi connectivity index (χ3n) is 3.87. The summed E-state index contributed by atoms with van der Waals surface area (Å²) in [6, 6.07) is 10.2. The Morgan fingerprint density at radius 1 is 1.33 bits per heavy atom. The fourth-order valence-electron chi connectivity index (χ4n) is 2.98. The zero-order chi connectivity index (χ0) is 14.8. The first kappa shape index (κ1) is 13.6. The number of esters is 1. The Morgan fingerprint density at radius 3 is 2.81 bits per heavy atom. The average molecular weight is 282 g/mol. The number of allylic oxidation sites excluding steroid dienone is 2. The molecule has 0 amide bonds. The SMILES string of the molecule is CCOC(=O)CC1C(c2ccccc2)=C(C)c2cncn21. The summed E-state index contributed by atoms with van der Waals surface area (Å²) >= 11 is 0. The van der Waals surface area contributed by atoms with Crippen molar-refractivity contribution in [3.05, 3.63) is 54.1 Å². The normalized spacial score (nSPS) is 17.0. The smallest absolute Gasteiger partial charge is 0.308 e. The molecule has 0 N–H and O–H groups in total. The van der Waals surface area contributed by atoms with E-state index in [2.05, 4.69) is 28.6 Å². The molecule has 1 aromatic heterocycles. The summed E-state index contributed by atoms with van der Waals surface area (Å²) in [7, 11) is 0. The monoisotopic (exact) mass is 282 g/mol. The van der Waals surface area contributed by atoms with Crippen molar-refractivity contribution in [3.63, 3.8) is 0 Å². The number of carbonyl (C=O) groups is 1. The quantitative estimate of drug-likeness (QED) is 0.808. The van der Waals surface area contributed by atoms with E-state index in [4.69, 9.17) is 4.74 Å². The Morgan fingerprint density at radius 2 is 2.10 bits per heavy atom. The van der Waals surface area contributed by atoms with Gasteiger partial charge in [0, 0.05) is 0 Å². The Kier molecular flexibility index (Phi) is 3.60. The van der Waals surface area contributed by atoms with E-state index >= 15 is 0 Å². The standard InChI is InChI=1S/C17H18N2O2/c1-3-21-16(20)9-14-17(13-7-5-4-6-8-13)12(2)15-10-18-11-19(14)15/h4-8,10-11,14H,3,9H2,1-2H3. The first-order valence-electron chi connectivity index (χ1n) is 7.16. The van der Waals surface area contributed by atoms with Gasteiger partial charge in [0.15, 0.2) is 0 Å². The summed E-state index contributed by atoms with van der Waals surface area (Å²) in [4.78, 5) is 16.1. The molecule has 0 saturated carbocycles. The minimum absolute atomic E-state index is 0.0380. The van der Waals surface area contributed by atoms with Crippen LogP contribution in [0.1, 0.15) is 37.6 Å². The molecule has 3 rings (SSSR count). The van der Waals surface area contributed by atoms with Gasteiger partial charge in [-0.15, -0.1) is 0 Å². The maximum atomic E-state index is 11.9. The van der Waals surface area contributed by atoms with Gasteiger partial charge in [0.25, 0.3) is 0 Å². The van der Waals surface area contributed by atoms with E-state index in [1.54, 1.807) is 6.33 Å². The van der Waals surface area contributed by atoms with Crippen molar-refractivity contribution >= 4 is 17.1 Å². The molecule has 2 heterocycles. The molecule has 0 radical (unpaired) electrons. The molecule has 0 bridgehead atoms. The van der Waals surface area contributed by atoms with Crippen molar-refractivity contribution < 1.29 is 9.53 Å². The van der Waals surface area contributed by atoms with Crippen LogP contribution in [0.3, 0.4) is 0 Å². The lowest BCUT2D eigenvalue weighted by Crippen LogP contribution is -2.14. The number of fused-ring (bicyclic) bond motifs is 1. The molecule has 0 saturated heterocycles. The summed E-state index contributed by atoms with van der Waals surface area (Å²) in [5, 5.41) is 0. The van der Waals surface area contributed by atoms with E-state index in [0.717, 1.165) is 11.3 Å². The van der Waals surface area contributed by atoms with E-state index in [0.29, 0.717) is 13.0 Å². The average Bonchev–Trinajstić information content (AvgIpc) is 3.05. The van der Waals surface area contributed by atoms with Crippen LogP contribution in [-0.4, -0.2) is 22.1 Å². The number of aromatic nitrogens is 2. The van der Waals surface area contributed by atoms with Crippen LogP contribution in [0.5, 0.6) is 0 Å². The zero-order valence-electron chi connectivity index (χ0n) is 12.2. The molecular weight excluding hydrogens is 264 g/mol. The van der Waals surface area contributed by atoms with Gasteiger partial charge in [-0.05, 0) is 30.6 Å². The topological polar surface area (TPSA) is 44.1 Å². The van der Waals surface area contributed by atoms with Crippen LogP contribution in [0.25, 0.3) is 11.1 Å². The second-order valence-corrected chi connectivity index (χ2v) is 5.12. The summed E-state index contributed by atoms with van der Waals surface area (Å²) < 4.78 is 7.18. The molecule has 0 aliphatic carbocycles. The Labute approximate surface area is 124 Å². The summed E-state index contributed by atoms with van der Waals surface area (Å²) in [5.74, 6) is -0.176. The van der Waals surface area contributed by atoms with Crippen molar-refractivity contribution in [2.45, 2.75) is 26.3 Å². The van der Waals surface area contributed by atoms with Gasteiger partial charge in [0.2, 0.25) is 0 Å². The van der Waals surface area contributed by atoms with Crippen molar-refractivity contribution in [2.24, 2.45) is 0 Å². The third kappa shape index (κ3) is 2.37. The molecule has 21 heavy (non-hydrogen) atoms. The van der Waals surface area contributed by atoms with Crippen molar-refractivity contribution in [2.75, 3.05) is 6.61 Å². The van der Waals surface area contributed by atoms with Crippen LogP contribution in [-0.2, 0) is 9.53 Å². The Balaban J connectivity index is 2.01. The lowest BCUT2D eigenvalue weighted by Gasteiger charge is -2.17. The van der Waals surface area contributed by atoms with E-state index < -0.39 is 0 Å². The van der Waals surface area contributed by atoms with Gasteiger partial charge >= 0.3 is 5.97 Å². The van der Waals surface area contributed by atoms with Gasteiger partial charge in [-0.25, -0.2) is 4.98 Å². The number of benzene rings is 1. The highest BCUT2D eigenvalue weighted by atomic mass is 16.5. The van der Waals surface area contributed by atoms with Crippen molar-refractivity contribution in [1.29, 1.82) is 0 Å². The molecule has 4 heteroatoms. The Bertz CT molecular complexity index is 686. The molecule has 0 spiro atoms. The number of ether oxygens (including phenoxy) is 1. The second-order valence-electron chi connectivity index (χ2n) is 5.12. The molecule has 1 aromatic carbocycles. The molecule has 1 aliphatic heterocycles. The number of carbonyl (C=O) groups excluding carboxylic acids is 1. The van der Waals surface area contributed by atoms with Crippen molar-refractivity contribution in [3.8, 4) is 0 Å². The molecule has 2 aromatic rings. The van der Waals surface area contributed by atoms with Crippen LogP contribution in [0.15, 0.2) is 42.9 Å². The van der Waals surface area contributed by atoms with Gasteiger partial charge < -0.3 is 9.30 Å². The summed E-state index contributed by atoms with van der Waals surface area (Å²) in [6.07, 6.45) is 3.97. The molecule has 0 fully saturated rings. The van der Waals surface area contributed by atoms with E-state index in [-0.39, 0.29) is 12.0 Å². The highest BCUT2D eigenvalue weighted by Gasteiger charge is 2.31. The molecule has 108 valence electrons. The summed E-state index contributed by atoms with van der Waals surface area (Å²) in [5.41, 5.74) is 4.57. The number of rotatable bonds is 4. The zero-order valence-corrected chi connectivity index (χ0v) is 12.2. The van der Waals surface area contributed by atoms with Gasteiger partial charge in [0.1, 0.15) is 0 Å². The lowest BCUT2D eigenvalue weighted by molar-refractivity contribution is -0.143. The van der Waals surface area contributed by atoms with Crippen LogP contribution in [0, 0.1) is 0 Å². The van der Waals surface area contributed by atoms with E-state index in [1.165, 1.54) is 11.1 Å². The van der Waals surface area contributed by atoms with Gasteiger partial charge in [-0.2, -0.15) is 0 Å². The van der Waals surface area contributed by atoms with Gasteiger partial charge in [-0.3, -0.25) is 4.79 Å². The van der Waals surface area contributed by atoms with Crippen LogP contribution in [0.4, 0.5) is 0 Å². The number of hydrogen-bond acceptors (Lipinski definition) is 3. The minimum Gasteiger partial charge on any atom is -0.466 e. The molecule has 1 aliphatic rings. The van der Waals surface area contributed by atoms with Crippen LogP contribution < -0.4 is 0 Å². The fourth-order valence-corrected chi connectivity index (χ4v) is 2.98. The highest BCUT2D eigenvalue weighted by Crippen LogP contribution is 2.43. The maximum absolute atomic E-state index is 11.9. The molecule has 1 atom stereocenters. The van der Waals surface area contributed by atoms with Crippen LogP contribution in [0.2, 0.25) is 0 Å². The Hall–Kier alpha value is -2.36. The van der Waals surface area contributed by atoms with E-state index in [1.807, 2.05) is 31.3 Å². The van der Waals surface area contributed by atoms with Gasteiger partial charge in [0.05, 0.1) is 37.3 Å². The predicted molar refractivity (Wildman–Crippen MR) is 81.4 cm³/mol. The molecule has 1 unspecified atom stereocenters. The van der Waals surface area contributed by atoms with Crippen LogP contribution >= 0.6 is 0 Å². The first-order chi connectivity index (χ1) is 10.2. The number of nitrogens with zero attached hydrogens (tertiary/aromatic N) is 2. The van der Waals surface area contributed by atoms with Gasteiger partial charge in [-0.1, -0.05) is 30.3 Å². The number of imidazole rings is 1. The molecule has 4 nitrogen and oxygen atoms in total. The summed E-state index contributed by atoms with van der Waals surface area (Å²) in [6.45, 7) is 4.32. The predicted octanol–water partition coefficient (Wildman–Crippen LogP) is 3.32.